The molecule has 0 atom stereocenters. The van der Waals surface area contributed by atoms with Gasteiger partial charge in [-0.2, -0.15) is 5.10 Å². The summed E-state index contributed by atoms with van der Waals surface area (Å²) in [6, 6.07) is 7.00. The second-order valence-electron chi connectivity index (χ2n) is 4.88. The molecule has 1 heterocycles. The van der Waals surface area contributed by atoms with Crippen LogP contribution in [0.3, 0.4) is 0 Å². The molecule has 0 bridgehead atoms. The summed E-state index contributed by atoms with van der Waals surface area (Å²) in [5.74, 6) is 11.7. The lowest BCUT2D eigenvalue weighted by atomic mass is 10.2. The second-order valence-corrected chi connectivity index (χ2v) is 4.88. The fourth-order valence-corrected chi connectivity index (χ4v) is 2.05. The van der Waals surface area contributed by atoms with Gasteiger partial charge in [-0.15, -0.1) is 0 Å². The molecule has 1 aliphatic heterocycles. The zero-order valence-electron chi connectivity index (χ0n) is 12.6. The Bertz CT molecular complexity index is 541. The molecule has 1 aliphatic rings. The van der Waals surface area contributed by atoms with Gasteiger partial charge in [0.25, 0.3) is 5.91 Å². The summed E-state index contributed by atoms with van der Waals surface area (Å²) in [5.41, 5.74) is 0.576. The Morgan fingerprint density at radius 3 is 2.82 bits per heavy atom. The number of nitrogens with zero attached hydrogens (tertiary/aromatic N) is 3. The normalized spacial score (nSPS) is 15.5. The van der Waals surface area contributed by atoms with Crippen molar-refractivity contribution in [1.82, 2.24) is 9.91 Å². The SMILES string of the molecule is CN(N)/C(COc1cccc(C(=O)N2CCOCC2)c1)=N\N. The van der Waals surface area contributed by atoms with Gasteiger partial charge in [-0.3, -0.25) is 9.80 Å². The van der Waals surface area contributed by atoms with E-state index in [1.54, 1.807) is 36.2 Å². The van der Waals surface area contributed by atoms with E-state index in [2.05, 4.69) is 5.10 Å². The molecule has 1 fully saturated rings. The summed E-state index contributed by atoms with van der Waals surface area (Å²) < 4.78 is 10.8. The van der Waals surface area contributed by atoms with Crippen LogP contribution in [0, 0.1) is 0 Å². The van der Waals surface area contributed by atoms with Gasteiger partial charge in [0, 0.05) is 25.7 Å². The molecule has 1 saturated heterocycles. The van der Waals surface area contributed by atoms with Crippen molar-refractivity contribution in [2.24, 2.45) is 16.8 Å². The predicted octanol–water partition coefficient (Wildman–Crippen LogP) is -0.384. The van der Waals surface area contributed by atoms with E-state index >= 15 is 0 Å². The molecule has 0 unspecified atom stereocenters. The monoisotopic (exact) mass is 307 g/mol. The molecule has 4 N–H and O–H groups in total. The Balaban J connectivity index is 2.01. The van der Waals surface area contributed by atoms with Crippen LogP contribution in [0.2, 0.25) is 0 Å². The Hall–Kier alpha value is -2.32. The molecule has 8 nitrogen and oxygen atoms in total. The summed E-state index contributed by atoms with van der Waals surface area (Å²) in [7, 11) is 1.62. The number of likely N-dealkylation sites (N-methyl/N-ethyl adjacent to an activating group) is 1. The van der Waals surface area contributed by atoms with Gasteiger partial charge >= 0.3 is 0 Å². The number of hydrazone groups is 1. The molecule has 0 spiro atoms. The van der Waals surface area contributed by atoms with Gasteiger partial charge in [0.05, 0.1) is 13.2 Å². The third kappa shape index (κ3) is 4.09. The van der Waals surface area contributed by atoms with Crippen molar-refractivity contribution >= 4 is 11.7 Å². The van der Waals surface area contributed by atoms with Crippen LogP contribution in [-0.4, -0.2) is 61.6 Å². The molecular formula is C14H21N5O3. The Morgan fingerprint density at radius 2 is 2.18 bits per heavy atom. The number of amides is 1. The quantitative estimate of drug-likeness (QED) is 0.340. The molecule has 1 aromatic carbocycles. The third-order valence-electron chi connectivity index (χ3n) is 3.30. The highest BCUT2D eigenvalue weighted by molar-refractivity contribution is 5.94. The van der Waals surface area contributed by atoms with Gasteiger partial charge in [0.1, 0.15) is 12.4 Å². The molecule has 0 saturated carbocycles. The van der Waals surface area contributed by atoms with Gasteiger partial charge in [0.2, 0.25) is 0 Å². The van der Waals surface area contributed by atoms with Crippen LogP contribution in [0.25, 0.3) is 0 Å². The number of amidine groups is 1. The number of nitrogens with two attached hydrogens (primary N) is 2. The van der Waals surface area contributed by atoms with Crippen molar-refractivity contribution < 1.29 is 14.3 Å². The number of morpholine rings is 1. The summed E-state index contributed by atoms with van der Waals surface area (Å²) >= 11 is 0. The number of ether oxygens (including phenoxy) is 2. The van der Waals surface area contributed by atoms with E-state index in [0.717, 1.165) is 0 Å². The van der Waals surface area contributed by atoms with Crippen LogP contribution in [0.15, 0.2) is 29.4 Å². The lowest BCUT2D eigenvalue weighted by Gasteiger charge is -2.27. The number of carbonyl (C=O) groups excluding carboxylic acids is 1. The standard InChI is InChI=1S/C14H21N5O3/c1-18(16)13(17-15)10-22-12-4-2-3-11(9-12)14(20)19-5-7-21-8-6-19/h2-4,9H,5-8,10,15-16H2,1H3/b17-13-. The van der Waals surface area contributed by atoms with E-state index in [9.17, 15) is 4.79 Å². The van der Waals surface area contributed by atoms with Crippen molar-refractivity contribution in [2.75, 3.05) is 40.0 Å². The van der Waals surface area contributed by atoms with Crippen LogP contribution in [-0.2, 0) is 4.74 Å². The molecule has 0 aromatic heterocycles. The molecule has 2 rings (SSSR count). The number of benzene rings is 1. The average Bonchev–Trinajstić information content (AvgIpc) is 2.55. The molecule has 1 amide bonds. The fourth-order valence-electron chi connectivity index (χ4n) is 2.05. The minimum absolute atomic E-state index is 0.0302. The number of rotatable bonds is 4. The molecular weight excluding hydrogens is 286 g/mol. The molecule has 22 heavy (non-hydrogen) atoms. The van der Waals surface area contributed by atoms with Crippen LogP contribution in [0.4, 0.5) is 0 Å². The zero-order chi connectivity index (χ0) is 15.9. The van der Waals surface area contributed by atoms with Gasteiger partial charge in [0.15, 0.2) is 5.84 Å². The molecule has 0 aliphatic carbocycles. The van der Waals surface area contributed by atoms with Gasteiger partial charge in [-0.05, 0) is 18.2 Å². The van der Waals surface area contributed by atoms with E-state index in [0.29, 0.717) is 43.5 Å². The smallest absolute Gasteiger partial charge is 0.254 e. The van der Waals surface area contributed by atoms with Gasteiger partial charge < -0.3 is 20.2 Å². The van der Waals surface area contributed by atoms with E-state index in [1.807, 2.05) is 0 Å². The topological polar surface area (TPSA) is 106 Å². The minimum Gasteiger partial charge on any atom is -0.486 e. The van der Waals surface area contributed by atoms with Crippen molar-refractivity contribution in [3.63, 3.8) is 0 Å². The average molecular weight is 307 g/mol. The van der Waals surface area contributed by atoms with Crippen LogP contribution >= 0.6 is 0 Å². The van der Waals surface area contributed by atoms with Crippen LogP contribution in [0.1, 0.15) is 10.4 Å². The summed E-state index contributed by atoms with van der Waals surface area (Å²) in [6.07, 6.45) is 0. The lowest BCUT2D eigenvalue weighted by molar-refractivity contribution is 0.0302. The maximum atomic E-state index is 12.4. The lowest BCUT2D eigenvalue weighted by Crippen LogP contribution is -2.40. The summed E-state index contributed by atoms with van der Waals surface area (Å²) in [4.78, 5) is 14.2. The van der Waals surface area contributed by atoms with E-state index in [-0.39, 0.29) is 12.5 Å². The van der Waals surface area contributed by atoms with Crippen LogP contribution < -0.4 is 16.4 Å². The first-order valence-corrected chi connectivity index (χ1v) is 6.97. The molecule has 0 radical (unpaired) electrons. The Morgan fingerprint density at radius 1 is 1.45 bits per heavy atom. The van der Waals surface area contributed by atoms with Gasteiger partial charge in [-0.25, -0.2) is 5.84 Å². The molecule has 120 valence electrons. The van der Waals surface area contributed by atoms with E-state index < -0.39 is 0 Å². The first-order valence-electron chi connectivity index (χ1n) is 6.97. The predicted molar refractivity (Wildman–Crippen MR) is 82.2 cm³/mol. The fraction of sp³-hybridized carbons (Fsp3) is 0.429. The second kappa shape index (κ2) is 7.62. The first-order chi connectivity index (χ1) is 10.6. The number of carbonyl (C=O) groups is 1. The van der Waals surface area contributed by atoms with Crippen LogP contribution in [0.5, 0.6) is 5.75 Å². The largest absolute Gasteiger partial charge is 0.486 e. The Kier molecular flexibility index (Phi) is 5.56. The number of hydrogen-bond donors (Lipinski definition) is 2. The first kappa shape index (κ1) is 16.1. The number of hydrazine groups is 1. The molecule has 8 heteroatoms. The van der Waals surface area contributed by atoms with Crippen molar-refractivity contribution in [3.8, 4) is 5.75 Å². The highest BCUT2D eigenvalue weighted by Gasteiger charge is 2.18. The third-order valence-corrected chi connectivity index (χ3v) is 3.30. The maximum Gasteiger partial charge on any atom is 0.254 e. The van der Waals surface area contributed by atoms with E-state index in [1.165, 1.54) is 5.01 Å². The van der Waals surface area contributed by atoms with Crippen molar-refractivity contribution in [2.45, 2.75) is 0 Å². The minimum atomic E-state index is -0.0302. The maximum absolute atomic E-state index is 12.4. The summed E-state index contributed by atoms with van der Waals surface area (Å²) in [5, 5.41) is 4.82. The number of hydrogen-bond acceptors (Lipinski definition) is 6. The van der Waals surface area contributed by atoms with E-state index in [4.69, 9.17) is 21.2 Å². The summed E-state index contributed by atoms with van der Waals surface area (Å²) in [6.45, 7) is 2.47. The Labute approximate surface area is 129 Å². The van der Waals surface area contributed by atoms with Gasteiger partial charge in [-0.1, -0.05) is 6.07 Å². The zero-order valence-corrected chi connectivity index (χ0v) is 12.6. The van der Waals surface area contributed by atoms with Crippen molar-refractivity contribution in [3.05, 3.63) is 29.8 Å². The highest BCUT2D eigenvalue weighted by atomic mass is 16.5. The highest BCUT2D eigenvalue weighted by Crippen LogP contribution is 2.16. The van der Waals surface area contributed by atoms with Crippen molar-refractivity contribution in [1.29, 1.82) is 0 Å². The molecule has 1 aromatic rings.